The van der Waals surface area contributed by atoms with Crippen LogP contribution in [0.2, 0.25) is 10.0 Å². The number of amides is 2. The highest BCUT2D eigenvalue weighted by molar-refractivity contribution is 6.35. The summed E-state index contributed by atoms with van der Waals surface area (Å²) in [7, 11) is 1.85. The minimum atomic E-state index is -0.790. The fourth-order valence-corrected chi connectivity index (χ4v) is 4.06. The number of halogens is 2. The molecule has 3 rings (SSSR count). The second-order valence-electron chi connectivity index (χ2n) is 8.35. The highest BCUT2D eigenvalue weighted by atomic mass is 35.5. The summed E-state index contributed by atoms with van der Waals surface area (Å²) >= 11 is 11.8. The van der Waals surface area contributed by atoms with Crippen LogP contribution in [0.3, 0.4) is 0 Å². The fraction of sp³-hybridized carbons (Fsp3) is 0.440. The van der Waals surface area contributed by atoms with Crippen molar-refractivity contribution in [2.24, 2.45) is 0 Å². The van der Waals surface area contributed by atoms with E-state index in [0.717, 1.165) is 37.2 Å². The Labute approximate surface area is 226 Å². The molecule has 202 valence electrons. The number of likely N-dealkylation sites (tertiary alicyclic amines) is 1. The van der Waals surface area contributed by atoms with E-state index in [1.807, 2.05) is 43.1 Å². The zero-order valence-electron chi connectivity index (χ0n) is 20.9. The first kappa shape index (κ1) is 30.1. The molecule has 1 unspecified atom stereocenters. The quantitative estimate of drug-likeness (QED) is 0.312. The Hall–Kier alpha value is -3.08. The summed E-state index contributed by atoms with van der Waals surface area (Å²) in [4.78, 5) is 38.7. The molecule has 2 amide bonds. The van der Waals surface area contributed by atoms with Crippen LogP contribution in [0.25, 0.3) is 0 Å². The molecule has 10 nitrogen and oxygen atoms in total. The molecule has 1 aromatic carbocycles. The van der Waals surface area contributed by atoms with Gasteiger partial charge in [0.15, 0.2) is 6.10 Å². The van der Waals surface area contributed by atoms with Gasteiger partial charge < -0.3 is 25.8 Å². The van der Waals surface area contributed by atoms with Crippen molar-refractivity contribution in [3.05, 3.63) is 52.1 Å². The number of nitrogens with zero attached hydrogens (tertiary/aromatic N) is 2. The number of nitrogens with one attached hydrogen (secondary N) is 3. The number of pyridine rings is 1. The molecular formula is C25H33Cl2N5O5. The molecule has 1 fully saturated rings. The number of anilines is 1. The van der Waals surface area contributed by atoms with E-state index in [1.54, 1.807) is 0 Å². The van der Waals surface area contributed by atoms with Crippen LogP contribution in [0.5, 0.6) is 5.88 Å². The summed E-state index contributed by atoms with van der Waals surface area (Å²) in [5.74, 6) is -0.817. The number of benzene rings is 1. The van der Waals surface area contributed by atoms with E-state index >= 15 is 0 Å². The number of hydrogen-bond donors (Lipinski definition) is 4. The maximum absolute atomic E-state index is 12.3. The molecule has 37 heavy (non-hydrogen) atoms. The minimum absolute atomic E-state index is 0.105. The maximum atomic E-state index is 12.3. The molecule has 2 heterocycles. The molecule has 12 heteroatoms. The van der Waals surface area contributed by atoms with Crippen LogP contribution in [-0.2, 0) is 20.9 Å². The van der Waals surface area contributed by atoms with Gasteiger partial charge in [0.1, 0.15) is 5.02 Å². The lowest BCUT2D eigenvalue weighted by molar-refractivity contribution is -0.138. The average molecular weight is 554 g/mol. The van der Waals surface area contributed by atoms with Crippen LogP contribution in [0.4, 0.5) is 5.69 Å². The number of rotatable bonds is 11. The molecule has 0 aliphatic carbocycles. The number of carboxylic acids is 1. The normalized spacial score (nSPS) is 14.5. The van der Waals surface area contributed by atoms with Gasteiger partial charge in [0.2, 0.25) is 12.3 Å². The SMILES string of the molecule is CCC(Oc1ncc(Cl)cc1Cl)C(=O)NCc1cccc(NC)c1.O=CNC1CCN(CC(=O)O)CC1. The van der Waals surface area contributed by atoms with E-state index in [4.69, 9.17) is 33.0 Å². The van der Waals surface area contributed by atoms with Crippen LogP contribution in [0.15, 0.2) is 36.5 Å². The molecule has 0 bridgehead atoms. The van der Waals surface area contributed by atoms with Crippen LogP contribution < -0.4 is 20.7 Å². The van der Waals surface area contributed by atoms with E-state index in [9.17, 15) is 14.4 Å². The number of hydrogen-bond acceptors (Lipinski definition) is 7. The van der Waals surface area contributed by atoms with Gasteiger partial charge in [-0.05, 0) is 43.0 Å². The Bertz CT molecular complexity index is 1030. The van der Waals surface area contributed by atoms with Gasteiger partial charge in [-0.2, -0.15) is 0 Å². The standard InChI is InChI=1S/C17H19Cl2N3O2.C8H14N2O3/c1-3-15(24-17-14(19)8-12(18)10-22-17)16(23)21-9-11-5-4-6-13(7-11)20-2;11-6-9-7-1-3-10(4-2-7)5-8(12)13/h4-8,10,15,20H,3,9H2,1-2H3,(H,21,23);6-7H,1-5H2,(H,9,11)(H,12,13). The van der Waals surface area contributed by atoms with Crippen molar-refractivity contribution < 1.29 is 24.2 Å². The number of carboxylic acid groups (broad SMARTS) is 1. The number of ether oxygens (including phenoxy) is 1. The molecule has 2 aromatic rings. The summed E-state index contributed by atoms with van der Waals surface area (Å²) in [6.45, 7) is 3.87. The van der Waals surface area contributed by atoms with Gasteiger partial charge >= 0.3 is 5.97 Å². The zero-order valence-corrected chi connectivity index (χ0v) is 22.4. The third kappa shape index (κ3) is 10.8. The Morgan fingerprint density at radius 3 is 2.59 bits per heavy atom. The minimum Gasteiger partial charge on any atom is -0.480 e. The smallest absolute Gasteiger partial charge is 0.317 e. The van der Waals surface area contributed by atoms with Crippen molar-refractivity contribution in [3.8, 4) is 5.88 Å². The highest BCUT2D eigenvalue weighted by Gasteiger charge is 2.21. The predicted octanol–water partition coefficient (Wildman–Crippen LogP) is 3.19. The molecule has 0 spiro atoms. The first-order chi connectivity index (χ1) is 17.7. The van der Waals surface area contributed by atoms with E-state index < -0.39 is 12.1 Å². The van der Waals surface area contributed by atoms with Crippen LogP contribution in [-0.4, -0.2) is 72.1 Å². The van der Waals surface area contributed by atoms with E-state index in [0.29, 0.717) is 24.4 Å². The lowest BCUT2D eigenvalue weighted by Crippen LogP contribution is -2.43. The summed E-state index contributed by atoms with van der Waals surface area (Å²) in [6.07, 6.45) is 3.62. The molecule has 1 aromatic heterocycles. The average Bonchev–Trinajstić information content (AvgIpc) is 2.88. The molecule has 1 aliphatic heterocycles. The number of carbonyl (C=O) groups excluding carboxylic acids is 2. The van der Waals surface area contributed by atoms with E-state index in [2.05, 4.69) is 20.9 Å². The number of piperidine rings is 1. The third-order valence-corrected chi connectivity index (χ3v) is 6.10. The lowest BCUT2D eigenvalue weighted by atomic mass is 10.1. The first-order valence-electron chi connectivity index (χ1n) is 11.9. The van der Waals surface area contributed by atoms with Gasteiger partial charge in [0.25, 0.3) is 5.91 Å². The molecule has 0 saturated carbocycles. The van der Waals surface area contributed by atoms with Crippen molar-refractivity contribution in [1.29, 1.82) is 0 Å². The van der Waals surface area contributed by atoms with Gasteiger partial charge in [0, 0.05) is 44.6 Å². The number of carbonyl (C=O) groups is 3. The Kier molecular flexibility index (Phi) is 13.0. The van der Waals surface area contributed by atoms with Crippen molar-refractivity contribution in [2.75, 3.05) is 32.0 Å². The molecule has 1 saturated heterocycles. The number of aliphatic carboxylic acids is 1. The molecule has 4 N–H and O–H groups in total. The molecule has 1 atom stereocenters. The van der Waals surface area contributed by atoms with Gasteiger partial charge in [-0.15, -0.1) is 0 Å². The zero-order chi connectivity index (χ0) is 27.2. The summed E-state index contributed by atoms with van der Waals surface area (Å²) in [6, 6.07) is 9.55. The number of aromatic nitrogens is 1. The van der Waals surface area contributed by atoms with Gasteiger partial charge in [-0.25, -0.2) is 4.98 Å². The van der Waals surface area contributed by atoms with E-state index in [1.165, 1.54) is 12.3 Å². The molecule has 0 radical (unpaired) electrons. The van der Waals surface area contributed by atoms with Crippen LogP contribution in [0.1, 0.15) is 31.7 Å². The highest BCUT2D eigenvalue weighted by Crippen LogP contribution is 2.25. The fourth-order valence-electron chi connectivity index (χ4n) is 3.63. The summed E-state index contributed by atoms with van der Waals surface area (Å²) < 4.78 is 5.62. The second-order valence-corrected chi connectivity index (χ2v) is 9.20. The molecule has 1 aliphatic rings. The Morgan fingerprint density at radius 2 is 2.00 bits per heavy atom. The Morgan fingerprint density at radius 1 is 1.27 bits per heavy atom. The predicted molar refractivity (Wildman–Crippen MR) is 143 cm³/mol. The monoisotopic (exact) mass is 553 g/mol. The first-order valence-corrected chi connectivity index (χ1v) is 12.7. The van der Waals surface area contributed by atoms with Crippen molar-refractivity contribution >= 4 is 47.2 Å². The Balaban J connectivity index is 0.000000312. The van der Waals surface area contributed by atoms with Crippen molar-refractivity contribution in [1.82, 2.24) is 20.5 Å². The molecular weight excluding hydrogens is 521 g/mol. The topological polar surface area (TPSA) is 133 Å². The van der Waals surface area contributed by atoms with Crippen LogP contribution >= 0.6 is 23.2 Å². The van der Waals surface area contributed by atoms with E-state index in [-0.39, 0.29) is 29.4 Å². The summed E-state index contributed by atoms with van der Waals surface area (Å²) in [5, 5.41) is 17.8. The van der Waals surface area contributed by atoms with Gasteiger partial charge in [0.05, 0.1) is 11.6 Å². The van der Waals surface area contributed by atoms with Crippen molar-refractivity contribution in [3.63, 3.8) is 0 Å². The largest absolute Gasteiger partial charge is 0.480 e. The lowest BCUT2D eigenvalue weighted by Gasteiger charge is -2.30. The second kappa shape index (κ2) is 15.9. The van der Waals surface area contributed by atoms with Gasteiger partial charge in [-0.3, -0.25) is 19.3 Å². The van der Waals surface area contributed by atoms with Crippen LogP contribution in [0, 0.1) is 0 Å². The third-order valence-electron chi connectivity index (χ3n) is 5.62. The maximum Gasteiger partial charge on any atom is 0.317 e. The van der Waals surface area contributed by atoms with Gasteiger partial charge in [-0.1, -0.05) is 42.3 Å². The summed E-state index contributed by atoms with van der Waals surface area (Å²) in [5.41, 5.74) is 1.98. The van der Waals surface area contributed by atoms with Crippen molar-refractivity contribution in [2.45, 2.75) is 44.9 Å².